The van der Waals surface area contributed by atoms with Crippen molar-refractivity contribution in [2.24, 2.45) is 0 Å². The van der Waals surface area contributed by atoms with Crippen LogP contribution in [0.25, 0.3) is 0 Å². The van der Waals surface area contributed by atoms with Gasteiger partial charge in [-0.2, -0.15) is 0 Å². The molecule has 0 radical (unpaired) electrons. The number of hydrogen-bond acceptors (Lipinski definition) is 3. The van der Waals surface area contributed by atoms with Gasteiger partial charge in [-0.05, 0) is 29.2 Å². The molecule has 0 aromatic heterocycles. The number of carbonyl (C=O) groups excluding carboxylic acids is 2. The summed E-state index contributed by atoms with van der Waals surface area (Å²) in [5, 5.41) is 5.54. The van der Waals surface area contributed by atoms with Crippen molar-refractivity contribution < 1.29 is 14.3 Å². The Morgan fingerprint density at radius 3 is 2.78 bits per heavy atom. The van der Waals surface area contributed by atoms with Gasteiger partial charge in [-0.1, -0.05) is 42.5 Å². The standard InChI is InChI=1S/C18H18N2O3/c21-17-11-15-10-13(6-7-16(15)20-17)8-9-19-18(22)23-12-14-4-2-1-3-5-14/h1-7,10H,8-9,11-12H2,(H,19,22)(H,20,21). The average Bonchev–Trinajstić information content (AvgIpc) is 2.93. The van der Waals surface area contributed by atoms with Gasteiger partial charge in [0.1, 0.15) is 6.61 Å². The summed E-state index contributed by atoms with van der Waals surface area (Å²) in [6, 6.07) is 15.4. The van der Waals surface area contributed by atoms with Crippen molar-refractivity contribution >= 4 is 17.7 Å². The van der Waals surface area contributed by atoms with Gasteiger partial charge >= 0.3 is 6.09 Å². The minimum atomic E-state index is -0.424. The van der Waals surface area contributed by atoms with Gasteiger partial charge in [0.2, 0.25) is 5.91 Å². The van der Waals surface area contributed by atoms with Crippen LogP contribution in [0.3, 0.4) is 0 Å². The van der Waals surface area contributed by atoms with Gasteiger partial charge in [-0.3, -0.25) is 4.79 Å². The third-order valence-corrected chi connectivity index (χ3v) is 3.69. The summed E-state index contributed by atoms with van der Waals surface area (Å²) in [6.07, 6.45) is 0.698. The predicted octanol–water partition coefficient (Wildman–Crippen LogP) is 2.65. The molecule has 2 aromatic rings. The van der Waals surface area contributed by atoms with Crippen LogP contribution >= 0.6 is 0 Å². The van der Waals surface area contributed by atoms with Crippen LogP contribution in [0.2, 0.25) is 0 Å². The Morgan fingerprint density at radius 1 is 1.13 bits per heavy atom. The normalized spacial score (nSPS) is 12.4. The lowest BCUT2D eigenvalue weighted by Gasteiger charge is -2.08. The third-order valence-electron chi connectivity index (χ3n) is 3.69. The summed E-state index contributed by atoms with van der Waals surface area (Å²) in [5.41, 5.74) is 3.94. The largest absolute Gasteiger partial charge is 0.445 e. The molecular weight excluding hydrogens is 292 g/mol. The molecule has 0 spiro atoms. The number of benzene rings is 2. The van der Waals surface area contributed by atoms with E-state index in [4.69, 9.17) is 4.74 Å². The highest BCUT2D eigenvalue weighted by molar-refractivity contribution is 5.99. The molecule has 0 aliphatic carbocycles. The molecular formula is C18H18N2O3. The lowest BCUT2D eigenvalue weighted by atomic mass is 10.1. The highest BCUT2D eigenvalue weighted by Gasteiger charge is 2.17. The Balaban J connectivity index is 1.42. The fourth-order valence-electron chi connectivity index (χ4n) is 2.52. The van der Waals surface area contributed by atoms with Gasteiger partial charge < -0.3 is 15.4 Å². The number of anilines is 1. The first-order valence-corrected chi connectivity index (χ1v) is 7.57. The molecule has 1 aliphatic rings. The van der Waals surface area contributed by atoms with Gasteiger partial charge in [0.15, 0.2) is 0 Å². The van der Waals surface area contributed by atoms with Crippen LogP contribution in [0.4, 0.5) is 10.5 Å². The maximum absolute atomic E-state index is 11.6. The molecule has 1 heterocycles. The molecule has 0 unspecified atom stereocenters. The molecule has 2 N–H and O–H groups in total. The predicted molar refractivity (Wildman–Crippen MR) is 87.1 cm³/mol. The second-order valence-corrected chi connectivity index (χ2v) is 5.45. The first-order valence-electron chi connectivity index (χ1n) is 7.57. The topological polar surface area (TPSA) is 67.4 Å². The Bertz CT molecular complexity index is 713. The molecule has 0 bridgehead atoms. The van der Waals surface area contributed by atoms with Crippen LogP contribution in [0, 0.1) is 0 Å². The molecule has 1 aliphatic heterocycles. The van der Waals surface area contributed by atoms with Crippen molar-refractivity contribution in [2.75, 3.05) is 11.9 Å². The van der Waals surface area contributed by atoms with Crippen molar-refractivity contribution in [2.45, 2.75) is 19.4 Å². The average molecular weight is 310 g/mol. The summed E-state index contributed by atoms with van der Waals surface area (Å²) in [5.74, 6) is 0.0276. The zero-order valence-electron chi connectivity index (χ0n) is 12.7. The number of carbonyl (C=O) groups is 2. The van der Waals surface area contributed by atoms with E-state index in [2.05, 4.69) is 10.6 Å². The summed E-state index contributed by atoms with van der Waals surface area (Å²) in [4.78, 5) is 23.0. The maximum Gasteiger partial charge on any atom is 0.407 e. The molecule has 118 valence electrons. The van der Waals surface area contributed by atoms with Gasteiger partial charge in [0.05, 0.1) is 6.42 Å². The number of nitrogens with one attached hydrogen (secondary N) is 2. The fraction of sp³-hybridized carbons (Fsp3) is 0.222. The number of amides is 2. The van der Waals surface area contributed by atoms with E-state index in [1.807, 2.05) is 48.5 Å². The summed E-state index contributed by atoms with van der Waals surface area (Å²) in [6.45, 7) is 0.757. The fourth-order valence-corrected chi connectivity index (χ4v) is 2.52. The minimum Gasteiger partial charge on any atom is -0.445 e. The zero-order chi connectivity index (χ0) is 16.1. The Labute approximate surface area is 134 Å². The van der Waals surface area contributed by atoms with Gasteiger partial charge in [-0.25, -0.2) is 4.79 Å². The smallest absolute Gasteiger partial charge is 0.407 e. The number of hydrogen-bond donors (Lipinski definition) is 2. The summed E-state index contributed by atoms with van der Waals surface area (Å²) >= 11 is 0. The van der Waals surface area contributed by atoms with E-state index in [-0.39, 0.29) is 12.5 Å². The van der Waals surface area contributed by atoms with Crippen molar-refractivity contribution in [3.8, 4) is 0 Å². The van der Waals surface area contributed by atoms with Gasteiger partial charge in [-0.15, -0.1) is 0 Å². The minimum absolute atomic E-state index is 0.0276. The highest BCUT2D eigenvalue weighted by Crippen LogP contribution is 2.23. The number of ether oxygens (including phenoxy) is 1. The highest BCUT2D eigenvalue weighted by atomic mass is 16.5. The lowest BCUT2D eigenvalue weighted by Crippen LogP contribution is -2.26. The molecule has 23 heavy (non-hydrogen) atoms. The summed E-state index contributed by atoms with van der Waals surface area (Å²) < 4.78 is 5.15. The zero-order valence-corrected chi connectivity index (χ0v) is 12.7. The van der Waals surface area contributed by atoms with Crippen LogP contribution in [0.1, 0.15) is 16.7 Å². The third kappa shape index (κ3) is 4.10. The molecule has 2 aromatic carbocycles. The van der Waals surface area contributed by atoms with E-state index in [0.717, 1.165) is 22.4 Å². The summed E-state index contributed by atoms with van der Waals surface area (Å²) in [7, 11) is 0. The van der Waals surface area contributed by atoms with Crippen LogP contribution in [0.15, 0.2) is 48.5 Å². The van der Waals surface area contributed by atoms with E-state index in [1.165, 1.54) is 0 Å². The van der Waals surface area contributed by atoms with Gasteiger partial charge in [0.25, 0.3) is 0 Å². The van der Waals surface area contributed by atoms with E-state index in [1.54, 1.807) is 0 Å². The quantitative estimate of drug-likeness (QED) is 0.892. The first kappa shape index (κ1) is 15.1. The monoisotopic (exact) mass is 310 g/mol. The van der Waals surface area contributed by atoms with Crippen molar-refractivity contribution in [1.29, 1.82) is 0 Å². The Morgan fingerprint density at radius 2 is 1.96 bits per heavy atom. The molecule has 5 heteroatoms. The number of fused-ring (bicyclic) bond motifs is 1. The molecule has 3 rings (SSSR count). The van der Waals surface area contributed by atoms with Crippen LogP contribution in [0.5, 0.6) is 0 Å². The van der Waals surface area contributed by atoms with Crippen LogP contribution < -0.4 is 10.6 Å². The molecule has 0 atom stereocenters. The van der Waals surface area contributed by atoms with E-state index in [0.29, 0.717) is 19.4 Å². The number of alkyl carbamates (subject to hydrolysis) is 1. The Kier molecular flexibility index (Phi) is 4.57. The van der Waals surface area contributed by atoms with Gasteiger partial charge in [0, 0.05) is 12.2 Å². The SMILES string of the molecule is O=C1Cc2cc(CCNC(=O)OCc3ccccc3)ccc2N1. The van der Waals surface area contributed by atoms with Crippen LogP contribution in [-0.2, 0) is 29.0 Å². The molecule has 2 amide bonds. The molecule has 5 nitrogen and oxygen atoms in total. The molecule has 0 saturated carbocycles. The first-order chi connectivity index (χ1) is 11.2. The Hall–Kier alpha value is -2.82. The van der Waals surface area contributed by atoms with Crippen molar-refractivity contribution in [3.63, 3.8) is 0 Å². The van der Waals surface area contributed by atoms with Crippen molar-refractivity contribution in [1.82, 2.24) is 5.32 Å². The van der Waals surface area contributed by atoms with E-state index >= 15 is 0 Å². The van der Waals surface area contributed by atoms with E-state index in [9.17, 15) is 9.59 Å². The molecule has 0 fully saturated rings. The molecule has 0 saturated heterocycles. The van der Waals surface area contributed by atoms with Crippen molar-refractivity contribution in [3.05, 3.63) is 65.2 Å². The van der Waals surface area contributed by atoms with Crippen LogP contribution in [-0.4, -0.2) is 18.5 Å². The number of rotatable bonds is 5. The maximum atomic E-state index is 11.6. The lowest BCUT2D eigenvalue weighted by molar-refractivity contribution is -0.115. The van der Waals surface area contributed by atoms with E-state index < -0.39 is 6.09 Å². The second-order valence-electron chi connectivity index (χ2n) is 5.45. The second kappa shape index (κ2) is 6.96.